The van der Waals surface area contributed by atoms with Gasteiger partial charge in [-0.1, -0.05) is 40.0 Å². The Bertz CT molecular complexity index is 181. The molecule has 1 saturated carbocycles. The number of aliphatic hydroxyl groups is 1. The SMILES string of the molecule is CCC1CCCC(CO)(NCC(C)C)C1. The fraction of sp³-hybridized carbons (Fsp3) is 1.00. The van der Waals surface area contributed by atoms with Crippen LogP contribution in [-0.2, 0) is 0 Å². The molecule has 1 fully saturated rings. The maximum Gasteiger partial charge on any atom is 0.0613 e. The topological polar surface area (TPSA) is 32.3 Å². The highest BCUT2D eigenvalue weighted by atomic mass is 16.3. The molecule has 0 amide bonds. The van der Waals surface area contributed by atoms with Crippen molar-refractivity contribution in [3.8, 4) is 0 Å². The molecule has 1 aliphatic carbocycles. The maximum atomic E-state index is 9.61. The smallest absolute Gasteiger partial charge is 0.0613 e. The van der Waals surface area contributed by atoms with Gasteiger partial charge in [-0.15, -0.1) is 0 Å². The van der Waals surface area contributed by atoms with Crippen LogP contribution in [0.25, 0.3) is 0 Å². The Kier molecular flexibility index (Phi) is 5.07. The minimum atomic E-state index is 0.0309. The number of hydrogen-bond donors (Lipinski definition) is 2. The molecule has 90 valence electrons. The van der Waals surface area contributed by atoms with Gasteiger partial charge < -0.3 is 10.4 Å². The first-order valence-electron chi connectivity index (χ1n) is 6.48. The molecule has 0 saturated heterocycles. The fourth-order valence-electron chi connectivity index (χ4n) is 2.61. The molecule has 0 spiro atoms. The zero-order valence-corrected chi connectivity index (χ0v) is 10.6. The molecule has 1 aliphatic rings. The third-order valence-corrected chi connectivity index (χ3v) is 3.71. The van der Waals surface area contributed by atoms with Crippen LogP contribution in [0.3, 0.4) is 0 Å². The Morgan fingerprint density at radius 2 is 2.20 bits per heavy atom. The van der Waals surface area contributed by atoms with E-state index in [9.17, 15) is 5.11 Å². The monoisotopic (exact) mass is 213 g/mol. The van der Waals surface area contributed by atoms with Crippen LogP contribution in [0.2, 0.25) is 0 Å². The van der Waals surface area contributed by atoms with Gasteiger partial charge in [-0.3, -0.25) is 0 Å². The third-order valence-electron chi connectivity index (χ3n) is 3.71. The zero-order valence-electron chi connectivity index (χ0n) is 10.6. The quantitative estimate of drug-likeness (QED) is 0.735. The Balaban J connectivity index is 2.50. The molecule has 0 heterocycles. The van der Waals surface area contributed by atoms with E-state index in [0.717, 1.165) is 25.3 Å². The average molecular weight is 213 g/mol. The van der Waals surface area contributed by atoms with Gasteiger partial charge in [0.1, 0.15) is 0 Å². The van der Waals surface area contributed by atoms with Crippen molar-refractivity contribution >= 4 is 0 Å². The summed E-state index contributed by atoms with van der Waals surface area (Å²) in [4.78, 5) is 0. The molecule has 15 heavy (non-hydrogen) atoms. The molecular weight excluding hydrogens is 186 g/mol. The summed E-state index contributed by atoms with van der Waals surface area (Å²) in [7, 11) is 0. The fourth-order valence-corrected chi connectivity index (χ4v) is 2.61. The molecule has 2 heteroatoms. The van der Waals surface area contributed by atoms with Crippen molar-refractivity contribution in [2.75, 3.05) is 13.2 Å². The molecule has 0 radical (unpaired) electrons. The van der Waals surface area contributed by atoms with Crippen LogP contribution in [0.4, 0.5) is 0 Å². The van der Waals surface area contributed by atoms with Gasteiger partial charge in [0, 0.05) is 5.54 Å². The zero-order chi connectivity index (χ0) is 11.3. The normalized spacial score (nSPS) is 32.2. The van der Waals surface area contributed by atoms with Crippen molar-refractivity contribution in [3.63, 3.8) is 0 Å². The van der Waals surface area contributed by atoms with E-state index in [1.807, 2.05) is 0 Å². The van der Waals surface area contributed by atoms with Gasteiger partial charge in [0.25, 0.3) is 0 Å². The minimum absolute atomic E-state index is 0.0309. The molecule has 0 aromatic carbocycles. The van der Waals surface area contributed by atoms with Crippen molar-refractivity contribution in [1.82, 2.24) is 5.32 Å². The number of rotatable bonds is 5. The van der Waals surface area contributed by atoms with Crippen LogP contribution < -0.4 is 5.32 Å². The predicted molar refractivity (Wildman–Crippen MR) is 64.9 cm³/mol. The van der Waals surface area contributed by atoms with Gasteiger partial charge >= 0.3 is 0 Å². The van der Waals surface area contributed by atoms with E-state index in [1.54, 1.807) is 0 Å². The van der Waals surface area contributed by atoms with Gasteiger partial charge in [-0.05, 0) is 31.2 Å². The lowest BCUT2D eigenvalue weighted by atomic mass is 9.75. The van der Waals surface area contributed by atoms with Gasteiger partial charge in [-0.25, -0.2) is 0 Å². The summed E-state index contributed by atoms with van der Waals surface area (Å²) in [6.07, 6.45) is 6.18. The lowest BCUT2D eigenvalue weighted by Crippen LogP contribution is -2.52. The summed E-state index contributed by atoms with van der Waals surface area (Å²) < 4.78 is 0. The molecule has 0 aromatic rings. The van der Waals surface area contributed by atoms with E-state index in [-0.39, 0.29) is 5.54 Å². The summed E-state index contributed by atoms with van der Waals surface area (Å²) in [6.45, 7) is 8.03. The standard InChI is InChI=1S/C13H27NO/c1-4-12-6-5-7-13(8-12,10-15)14-9-11(2)3/h11-12,14-15H,4-10H2,1-3H3. The van der Waals surface area contributed by atoms with Crippen molar-refractivity contribution in [2.45, 2.75) is 58.4 Å². The second-order valence-electron chi connectivity index (χ2n) is 5.58. The highest BCUT2D eigenvalue weighted by molar-refractivity contribution is 4.93. The van der Waals surface area contributed by atoms with Crippen LogP contribution in [0, 0.1) is 11.8 Å². The van der Waals surface area contributed by atoms with Crippen molar-refractivity contribution in [2.24, 2.45) is 11.8 Å². The van der Waals surface area contributed by atoms with E-state index >= 15 is 0 Å². The van der Waals surface area contributed by atoms with Crippen LogP contribution >= 0.6 is 0 Å². The number of aliphatic hydroxyl groups excluding tert-OH is 1. The Hall–Kier alpha value is -0.0800. The summed E-state index contributed by atoms with van der Waals surface area (Å²) in [5.74, 6) is 1.47. The molecule has 0 aromatic heterocycles. The van der Waals surface area contributed by atoms with E-state index < -0.39 is 0 Å². The molecule has 2 atom stereocenters. The highest BCUT2D eigenvalue weighted by Crippen LogP contribution is 2.33. The molecule has 2 nitrogen and oxygen atoms in total. The van der Waals surface area contributed by atoms with Crippen molar-refractivity contribution in [3.05, 3.63) is 0 Å². The summed E-state index contributed by atoms with van der Waals surface area (Å²) in [5.41, 5.74) is 0.0309. The van der Waals surface area contributed by atoms with Crippen LogP contribution in [0.15, 0.2) is 0 Å². The van der Waals surface area contributed by atoms with Crippen molar-refractivity contribution in [1.29, 1.82) is 0 Å². The van der Waals surface area contributed by atoms with E-state index in [0.29, 0.717) is 12.5 Å². The minimum Gasteiger partial charge on any atom is -0.394 e. The molecule has 1 rings (SSSR count). The summed E-state index contributed by atoms with van der Waals surface area (Å²) >= 11 is 0. The highest BCUT2D eigenvalue weighted by Gasteiger charge is 2.34. The molecule has 0 aliphatic heterocycles. The van der Waals surface area contributed by atoms with Crippen LogP contribution in [0.5, 0.6) is 0 Å². The second kappa shape index (κ2) is 5.86. The van der Waals surface area contributed by atoms with Gasteiger partial charge in [0.05, 0.1) is 6.61 Å². The van der Waals surface area contributed by atoms with Crippen LogP contribution in [-0.4, -0.2) is 23.8 Å². The first-order valence-corrected chi connectivity index (χ1v) is 6.48. The van der Waals surface area contributed by atoms with E-state index in [2.05, 4.69) is 26.1 Å². The predicted octanol–water partition coefficient (Wildman–Crippen LogP) is 2.56. The maximum absolute atomic E-state index is 9.61. The van der Waals surface area contributed by atoms with Gasteiger partial charge in [0.2, 0.25) is 0 Å². The first kappa shape index (κ1) is 13.0. The molecule has 2 N–H and O–H groups in total. The Labute approximate surface area is 94.5 Å². The molecular formula is C13H27NO. The summed E-state index contributed by atoms with van der Waals surface area (Å²) in [5, 5.41) is 13.2. The number of hydrogen-bond acceptors (Lipinski definition) is 2. The van der Waals surface area contributed by atoms with Crippen molar-refractivity contribution < 1.29 is 5.11 Å². The Morgan fingerprint density at radius 3 is 2.73 bits per heavy atom. The first-order chi connectivity index (χ1) is 7.12. The van der Waals surface area contributed by atoms with Gasteiger partial charge in [-0.2, -0.15) is 0 Å². The lowest BCUT2D eigenvalue weighted by Gasteiger charge is -2.41. The second-order valence-corrected chi connectivity index (χ2v) is 5.58. The largest absolute Gasteiger partial charge is 0.394 e. The van der Waals surface area contributed by atoms with E-state index in [4.69, 9.17) is 0 Å². The summed E-state index contributed by atoms with van der Waals surface area (Å²) in [6, 6.07) is 0. The molecule has 2 unspecified atom stereocenters. The lowest BCUT2D eigenvalue weighted by molar-refractivity contribution is 0.0913. The average Bonchev–Trinajstić information content (AvgIpc) is 2.26. The molecule has 0 bridgehead atoms. The number of nitrogens with one attached hydrogen (secondary N) is 1. The van der Waals surface area contributed by atoms with Crippen LogP contribution in [0.1, 0.15) is 52.9 Å². The Morgan fingerprint density at radius 1 is 1.47 bits per heavy atom. The van der Waals surface area contributed by atoms with E-state index in [1.165, 1.54) is 19.3 Å². The van der Waals surface area contributed by atoms with Gasteiger partial charge in [0.15, 0.2) is 0 Å². The third kappa shape index (κ3) is 3.76.